The molecule has 1 heterocycles. The van der Waals surface area contributed by atoms with E-state index in [0.29, 0.717) is 13.2 Å². The Balaban J connectivity index is 1.50. The van der Waals surface area contributed by atoms with Gasteiger partial charge in [0.15, 0.2) is 11.5 Å². The molecule has 3 nitrogen and oxygen atoms in total. The summed E-state index contributed by atoms with van der Waals surface area (Å²) in [5.74, 6) is 1.52. The molecule has 0 aliphatic carbocycles. The van der Waals surface area contributed by atoms with Gasteiger partial charge in [-0.05, 0) is 16.7 Å². The van der Waals surface area contributed by atoms with E-state index in [-0.39, 0.29) is 0 Å². The summed E-state index contributed by atoms with van der Waals surface area (Å²) in [6.07, 6.45) is 4.02. The van der Waals surface area contributed by atoms with Crippen LogP contribution in [0, 0.1) is 0 Å². The third kappa shape index (κ3) is 4.83. The predicted octanol–water partition coefficient (Wildman–Crippen LogP) is 5.69. The van der Waals surface area contributed by atoms with Gasteiger partial charge in [-0.1, -0.05) is 91.0 Å². The number of nitrogens with zero attached hydrogens (tertiary/aromatic N) is 1. The molecule has 3 heteroatoms. The van der Waals surface area contributed by atoms with Gasteiger partial charge in [0.25, 0.3) is 0 Å². The minimum Gasteiger partial charge on any atom is -0.483 e. The lowest BCUT2D eigenvalue weighted by Crippen LogP contribution is -1.98. The minimum absolute atomic E-state index is 0.512. The maximum absolute atomic E-state index is 6.08. The molecule has 28 heavy (non-hydrogen) atoms. The minimum atomic E-state index is 0.512. The summed E-state index contributed by atoms with van der Waals surface area (Å²) in [4.78, 5) is 0. The van der Waals surface area contributed by atoms with Crippen molar-refractivity contribution in [2.75, 3.05) is 0 Å². The van der Waals surface area contributed by atoms with Crippen LogP contribution in [0.1, 0.15) is 16.7 Å². The fraction of sp³-hybridized carbons (Fsp3) is 0.120. The quantitative estimate of drug-likeness (QED) is 0.398. The average Bonchev–Trinajstić information content (AvgIpc) is 3.14. The van der Waals surface area contributed by atoms with Crippen LogP contribution in [-0.2, 0) is 19.8 Å². The maximum atomic E-state index is 6.08. The molecule has 0 amide bonds. The van der Waals surface area contributed by atoms with Crippen LogP contribution in [0.4, 0.5) is 0 Å². The number of aromatic nitrogens is 1. The third-order valence-corrected chi connectivity index (χ3v) is 4.49. The van der Waals surface area contributed by atoms with Crippen molar-refractivity contribution in [2.24, 2.45) is 0 Å². The summed E-state index contributed by atoms with van der Waals surface area (Å²) < 4.78 is 14.3. The molecule has 0 fully saturated rings. The van der Waals surface area contributed by atoms with Crippen LogP contribution < -0.4 is 9.47 Å². The van der Waals surface area contributed by atoms with Crippen LogP contribution in [0.3, 0.4) is 0 Å². The van der Waals surface area contributed by atoms with Crippen molar-refractivity contribution in [3.05, 3.63) is 120 Å². The summed E-state index contributed by atoms with van der Waals surface area (Å²) in [6, 6.07) is 30.7. The lowest BCUT2D eigenvalue weighted by Gasteiger charge is -2.09. The third-order valence-electron chi connectivity index (χ3n) is 4.49. The summed E-state index contributed by atoms with van der Waals surface area (Å²) >= 11 is 0. The Morgan fingerprint density at radius 2 is 0.893 bits per heavy atom. The molecule has 0 unspecified atom stereocenters. The molecular formula is C25H23NO2. The van der Waals surface area contributed by atoms with Gasteiger partial charge in [0.2, 0.25) is 0 Å². The number of hydrogen-bond acceptors (Lipinski definition) is 2. The van der Waals surface area contributed by atoms with Crippen molar-refractivity contribution in [2.45, 2.75) is 19.8 Å². The standard InChI is InChI=1S/C25H23NO2/c1-4-10-21(11-5-1)16-26-17-24(27-19-22-12-6-2-7-13-22)25(18-26)28-20-23-14-8-3-9-15-23/h1-15,17-18H,16,19-20H2. The van der Waals surface area contributed by atoms with Crippen molar-refractivity contribution in [1.82, 2.24) is 4.57 Å². The van der Waals surface area contributed by atoms with Crippen LogP contribution >= 0.6 is 0 Å². The molecule has 0 aliphatic heterocycles. The molecule has 0 saturated carbocycles. The van der Waals surface area contributed by atoms with Crippen LogP contribution in [0.25, 0.3) is 0 Å². The Bertz CT molecular complexity index is 918. The molecular weight excluding hydrogens is 346 g/mol. The van der Waals surface area contributed by atoms with E-state index in [1.54, 1.807) is 0 Å². The fourth-order valence-electron chi connectivity index (χ4n) is 3.04. The molecule has 140 valence electrons. The van der Waals surface area contributed by atoms with E-state index in [2.05, 4.69) is 53.1 Å². The second-order valence-corrected chi connectivity index (χ2v) is 6.69. The second-order valence-electron chi connectivity index (χ2n) is 6.69. The maximum Gasteiger partial charge on any atom is 0.179 e. The normalized spacial score (nSPS) is 10.6. The number of benzene rings is 3. The number of ether oxygens (including phenoxy) is 2. The molecule has 3 aromatic carbocycles. The van der Waals surface area contributed by atoms with Gasteiger partial charge < -0.3 is 14.0 Å². The van der Waals surface area contributed by atoms with E-state index in [1.165, 1.54) is 5.56 Å². The number of hydrogen-bond donors (Lipinski definition) is 0. The molecule has 0 spiro atoms. The van der Waals surface area contributed by atoms with Gasteiger partial charge in [0.1, 0.15) is 13.2 Å². The zero-order valence-corrected chi connectivity index (χ0v) is 15.7. The lowest BCUT2D eigenvalue weighted by atomic mass is 10.2. The molecule has 0 aliphatic rings. The summed E-state index contributed by atoms with van der Waals surface area (Å²) in [5.41, 5.74) is 3.50. The van der Waals surface area contributed by atoms with Crippen molar-refractivity contribution in [3.8, 4) is 11.5 Å². The largest absolute Gasteiger partial charge is 0.483 e. The highest BCUT2D eigenvalue weighted by Gasteiger charge is 2.11. The van der Waals surface area contributed by atoms with Gasteiger partial charge in [-0.2, -0.15) is 0 Å². The van der Waals surface area contributed by atoms with Gasteiger partial charge in [-0.15, -0.1) is 0 Å². The van der Waals surface area contributed by atoms with Gasteiger partial charge in [0, 0.05) is 6.54 Å². The highest BCUT2D eigenvalue weighted by Crippen LogP contribution is 2.30. The Morgan fingerprint density at radius 3 is 1.32 bits per heavy atom. The highest BCUT2D eigenvalue weighted by molar-refractivity contribution is 5.39. The van der Waals surface area contributed by atoms with Gasteiger partial charge >= 0.3 is 0 Å². The first-order chi connectivity index (χ1) is 13.9. The molecule has 4 aromatic rings. The zero-order chi connectivity index (χ0) is 19.0. The fourth-order valence-corrected chi connectivity index (χ4v) is 3.04. The van der Waals surface area contributed by atoms with E-state index < -0.39 is 0 Å². The van der Waals surface area contributed by atoms with E-state index in [0.717, 1.165) is 29.2 Å². The van der Waals surface area contributed by atoms with Crippen LogP contribution in [0.2, 0.25) is 0 Å². The van der Waals surface area contributed by atoms with Crippen molar-refractivity contribution < 1.29 is 9.47 Å². The van der Waals surface area contributed by atoms with Crippen molar-refractivity contribution in [1.29, 1.82) is 0 Å². The van der Waals surface area contributed by atoms with E-state index in [4.69, 9.17) is 9.47 Å². The smallest absolute Gasteiger partial charge is 0.179 e. The monoisotopic (exact) mass is 369 g/mol. The Hall–Kier alpha value is -3.46. The van der Waals surface area contributed by atoms with Crippen LogP contribution in [0.15, 0.2) is 103 Å². The van der Waals surface area contributed by atoms with E-state index >= 15 is 0 Å². The topological polar surface area (TPSA) is 23.4 Å². The average molecular weight is 369 g/mol. The second kappa shape index (κ2) is 8.96. The molecule has 4 rings (SSSR count). The number of rotatable bonds is 8. The van der Waals surface area contributed by atoms with E-state index in [1.807, 2.05) is 54.9 Å². The molecule has 0 radical (unpaired) electrons. The summed E-state index contributed by atoms with van der Waals surface area (Å²) in [6.45, 7) is 1.80. The summed E-state index contributed by atoms with van der Waals surface area (Å²) in [5, 5.41) is 0. The van der Waals surface area contributed by atoms with Gasteiger partial charge in [-0.3, -0.25) is 0 Å². The lowest BCUT2D eigenvalue weighted by molar-refractivity contribution is 0.258. The predicted molar refractivity (Wildman–Crippen MR) is 112 cm³/mol. The molecule has 1 aromatic heterocycles. The first-order valence-electron chi connectivity index (χ1n) is 9.44. The zero-order valence-electron chi connectivity index (χ0n) is 15.7. The summed E-state index contributed by atoms with van der Waals surface area (Å²) in [7, 11) is 0. The first kappa shape index (κ1) is 17.9. The van der Waals surface area contributed by atoms with E-state index in [9.17, 15) is 0 Å². The molecule has 0 atom stereocenters. The van der Waals surface area contributed by atoms with Crippen molar-refractivity contribution >= 4 is 0 Å². The Labute approximate surface area is 165 Å². The Kier molecular flexibility index (Phi) is 5.74. The first-order valence-corrected chi connectivity index (χ1v) is 9.44. The molecule has 0 N–H and O–H groups in total. The van der Waals surface area contributed by atoms with Crippen LogP contribution in [-0.4, -0.2) is 4.57 Å². The highest BCUT2D eigenvalue weighted by atomic mass is 16.5. The van der Waals surface area contributed by atoms with Crippen LogP contribution in [0.5, 0.6) is 11.5 Å². The molecule has 0 bridgehead atoms. The Morgan fingerprint density at radius 1 is 0.500 bits per heavy atom. The van der Waals surface area contributed by atoms with Gasteiger partial charge in [0.05, 0.1) is 12.4 Å². The molecule has 0 saturated heterocycles. The SMILES string of the molecule is c1ccc(COc2cn(Cc3ccccc3)cc2OCc2ccccc2)cc1. The van der Waals surface area contributed by atoms with Crippen molar-refractivity contribution in [3.63, 3.8) is 0 Å². The van der Waals surface area contributed by atoms with Gasteiger partial charge in [-0.25, -0.2) is 0 Å².